The van der Waals surface area contributed by atoms with E-state index in [0.29, 0.717) is 18.8 Å². The van der Waals surface area contributed by atoms with Gasteiger partial charge >= 0.3 is 0 Å². The topological polar surface area (TPSA) is 69.7 Å². The largest absolute Gasteiger partial charge is 0.326 e. The summed E-state index contributed by atoms with van der Waals surface area (Å²) in [5.74, 6) is -0.273. The Morgan fingerprint density at radius 3 is 2.60 bits per heavy atom. The van der Waals surface area contributed by atoms with Gasteiger partial charge in [0, 0.05) is 31.9 Å². The van der Waals surface area contributed by atoms with E-state index < -0.39 is 10.0 Å². The standard InChI is InChI=1S/C23H29N3O3S/c1-2-25-13-15-26(16-14-25)30(28,29)20-10-6-9-19(17-20)24-23(27)22-12-5-8-18-7-3-4-11-21(18)22/h3-4,6-7,9-11,17,22H,2,5,8,12-16H2,1H3,(H,24,27). The Morgan fingerprint density at radius 2 is 1.83 bits per heavy atom. The second kappa shape index (κ2) is 8.88. The number of aryl methyl sites for hydroxylation is 1. The molecule has 2 aromatic carbocycles. The molecule has 2 aliphatic rings. The molecule has 1 aliphatic carbocycles. The number of nitrogens with one attached hydrogen (secondary N) is 1. The maximum absolute atomic E-state index is 13.1. The number of benzene rings is 2. The van der Waals surface area contributed by atoms with E-state index in [2.05, 4.69) is 23.2 Å². The van der Waals surface area contributed by atoms with E-state index in [-0.39, 0.29) is 16.7 Å². The van der Waals surface area contributed by atoms with Crippen LogP contribution in [0.5, 0.6) is 0 Å². The lowest BCUT2D eigenvalue weighted by atomic mass is 9.82. The quantitative estimate of drug-likeness (QED) is 0.796. The van der Waals surface area contributed by atoms with Crippen molar-refractivity contribution in [3.63, 3.8) is 0 Å². The van der Waals surface area contributed by atoms with Gasteiger partial charge in [-0.2, -0.15) is 4.31 Å². The molecular weight excluding hydrogens is 398 g/mol. The van der Waals surface area contributed by atoms with Crippen molar-refractivity contribution in [1.82, 2.24) is 9.21 Å². The highest BCUT2D eigenvalue weighted by Gasteiger charge is 2.29. The van der Waals surface area contributed by atoms with E-state index in [1.807, 2.05) is 18.2 Å². The van der Waals surface area contributed by atoms with Gasteiger partial charge in [-0.25, -0.2) is 8.42 Å². The van der Waals surface area contributed by atoms with Crippen LogP contribution >= 0.6 is 0 Å². The molecule has 0 radical (unpaired) electrons. The lowest BCUT2D eigenvalue weighted by molar-refractivity contribution is -0.117. The van der Waals surface area contributed by atoms with Crippen LogP contribution in [-0.4, -0.2) is 56.3 Å². The van der Waals surface area contributed by atoms with Crippen molar-refractivity contribution >= 4 is 21.6 Å². The molecule has 1 unspecified atom stereocenters. The number of sulfonamides is 1. The summed E-state index contributed by atoms with van der Waals surface area (Å²) in [7, 11) is -3.57. The first-order valence-electron chi connectivity index (χ1n) is 10.7. The maximum atomic E-state index is 13.1. The van der Waals surface area contributed by atoms with E-state index in [9.17, 15) is 13.2 Å². The summed E-state index contributed by atoms with van der Waals surface area (Å²) in [6, 6.07) is 14.7. The summed E-state index contributed by atoms with van der Waals surface area (Å²) in [5.41, 5.74) is 2.83. The number of fused-ring (bicyclic) bond motifs is 1. The minimum Gasteiger partial charge on any atom is -0.326 e. The van der Waals surface area contributed by atoms with Crippen molar-refractivity contribution in [3.05, 3.63) is 59.7 Å². The summed E-state index contributed by atoms with van der Waals surface area (Å²) in [6.45, 7) is 5.48. The molecule has 1 saturated heterocycles. The highest BCUT2D eigenvalue weighted by Crippen LogP contribution is 2.32. The maximum Gasteiger partial charge on any atom is 0.243 e. The molecule has 0 bridgehead atoms. The van der Waals surface area contributed by atoms with Gasteiger partial charge in [0.05, 0.1) is 10.8 Å². The molecule has 1 N–H and O–H groups in total. The number of hydrogen-bond acceptors (Lipinski definition) is 4. The number of carbonyl (C=O) groups excluding carboxylic acids is 1. The van der Waals surface area contributed by atoms with Crippen LogP contribution in [0.3, 0.4) is 0 Å². The fraction of sp³-hybridized carbons (Fsp3) is 0.435. The van der Waals surface area contributed by atoms with Gasteiger partial charge < -0.3 is 10.2 Å². The van der Waals surface area contributed by atoms with Crippen LogP contribution in [0.2, 0.25) is 0 Å². The van der Waals surface area contributed by atoms with E-state index in [4.69, 9.17) is 0 Å². The molecular formula is C23H29N3O3S. The first-order chi connectivity index (χ1) is 14.5. The third-order valence-electron chi connectivity index (χ3n) is 6.20. The van der Waals surface area contributed by atoms with Crippen molar-refractivity contribution < 1.29 is 13.2 Å². The third-order valence-corrected chi connectivity index (χ3v) is 8.10. The van der Waals surface area contributed by atoms with Gasteiger partial charge in [0.15, 0.2) is 0 Å². The monoisotopic (exact) mass is 427 g/mol. The Kier molecular flexibility index (Phi) is 6.22. The molecule has 0 spiro atoms. The highest BCUT2D eigenvalue weighted by molar-refractivity contribution is 7.89. The molecule has 7 heteroatoms. The molecule has 1 aliphatic heterocycles. The predicted molar refractivity (Wildman–Crippen MR) is 118 cm³/mol. The van der Waals surface area contributed by atoms with Crippen LogP contribution in [0.15, 0.2) is 53.4 Å². The molecule has 0 saturated carbocycles. The highest BCUT2D eigenvalue weighted by atomic mass is 32.2. The molecule has 4 rings (SSSR count). The zero-order valence-electron chi connectivity index (χ0n) is 17.4. The van der Waals surface area contributed by atoms with Gasteiger partial charge in [0.2, 0.25) is 15.9 Å². The van der Waals surface area contributed by atoms with Crippen LogP contribution in [-0.2, 0) is 21.2 Å². The van der Waals surface area contributed by atoms with Gasteiger partial charge in [0.25, 0.3) is 0 Å². The zero-order valence-corrected chi connectivity index (χ0v) is 18.2. The van der Waals surface area contributed by atoms with Crippen LogP contribution in [0.1, 0.15) is 36.8 Å². The number of carbonyl (C=O) groups is 1. The summed E-state index contributed by atoms with van der Waals surface area (Å²) in [6.07, 6.45) is 2.79. The summed E-state index contributed by atoms with van der Waals surface area (Å²) < 4.78 is 27.7. The Bertz CT molecular complexity index is 1010. The number of nitrogens with zero attached hydrogens (tertiary/aromatic N) is 2. The predicted octanol–water partition coefficient (Wildman–Crippen LogP) is 3.07. The van der Waals surface area contributed by atoms with E-state index in [0.717, 1.165) is 44.5 Å². The van der Waals surface area contributed by atoms with Gasteiger partial charge in [-0.05, 0) is 55.1 Å². The molecule has 0 aromatic heterocycles. The number of amides is 1. The van der Waals surface area contributed by atoms with E-state index >= 15 is 0 Å². The Morgan fingerprint density at radius 1 is 1.07 bits per heavy atom. The second-order valence-electron chi connectivity index (χ2n) is 8.00. The lowest BCUT2D eigenvalue weighted by Crippen LogP contribution is -2.48. The minimum atomic E-state index is -3.57. The third kappa shape index (κ3) is 4.29. The number of likely N-dealkylation sites (N-methyl/N-ethyl adjacent to an activating group) is 1. The molecule has 6 nitrogen and oxygen atoms in total. The fourth-order valence-corrected chi connectivity index (χ4v) is 5.89. The van der Waals surface area contributed by atoms with Gasteiger partial charge in [-0.15, -0.1) is 0 Å². The molecule has 160 valence electrons. The average molecular weight is 428 g/mol. The number of hydrogen-bond donors (Lipinski definition) is 1. The lowest BCUT2D eigenvalue weighted by Gasteiger charge is -2.33. The summed E-state index contributed by atoms with van der Waals surface area (Å²) in [5, 5.41) is 2.95. The van der Waals surface area contributed by atoms with Crippen LogP contribution < -0.4 is 5.32 Å². The van der Waals surface area contributed by atoms with E-state index in [1.54, 1.807) is 24.3 Å². The van der Waals surface area contributed by atoms with Crippen molar-refractivity contribution in [1.29, 1.82) is 0 Å². The Hall–Kier alpha value is -2.22. The van der Waals surface area contributed by atoms with Crippen LogP contribution in [0.4, 0.5) is 5.69 Å². The van der Waals surface area contributed by atoms with Gasteiger partial charge in [-0.3, -0.25) is 4.79 Å². The van der Waals surface area contributed by atoms with Crippen molar-refractivity contribution in [2.24, 2.45) is 0 Å². The van der Waals surface area contributed by atoms with Crippen molar-refractivity contribution in [2.75, 3.05) is 38.0 Å². The zero-order chi connectivity index (χ0) is 21.1. The smallest absolute Gasteiger partial charge is 0.243 e. The van der Waals surface area contributed by atoms with Crippen molar-refractivity contribution in [2.45, 2.75) is 37.0 Å². The number of piperazine rings is 1. The van der Waals surface area contributed by atoms with Crippen LogP contribution in [0.25, 0.3) is 0 Å². The molecule has 1 heterocycles. The molecule has 2 aromatic rings. The summed E-state index contributed by atoms with van der Waals surface area (Å²) >= 11 is 0. The first kappa shape index (κ1) is 21.0. The molecule has 1 fully saturated rings. The second-order valence-corrected chi connectivity index (χ2v) is 9.94. The SMILES string of the molecule is CCN1CCN(S(=O)(=O)c2cccc(NC(=O)C3CCCc4ccccc43)c2)CC1. The number of anilines is 1. The summed E-state index contributed by atoms with van der Waals surface area (Å²) in [4.78, 5) is 15.5. The fourth-order valence-electron chi connectivity index (χ4n) is 4.43. The average Bonchev–Trinajstić information content (AvgIpc) is 2.79. The number of rotatable bonds is 5. The van der Waals surface area contributed by atoms with Gasteiger partial charge in [-0.1, -0.05) is 37.3 Å². The molecule has 1 amide bonds. The minimum absolute atomic E-state index is 0.0757. The Labute approximate surface area is 178 Å². The molecule has 1 atom stereocenters. The molecule has 30 heavy (non-hydrogen) atoms. The van der Waals surface area contributed by atoms with Crippen molar-refractivity contribution in [3.8, 4) is 0 Å². The van der Waals surface area contributed by atoms with E-state index in [1.165, 1.54) is 9.87 Å². The normalized spacial score (nSPS) is 20.5. The Balaban J connectivity index is 1.50. The van der Waals surface area contributed by atoms with Gasteiger partial charge in [0.1, 0.15) is 0 Å². The first-order valence-corrected chi connectivity index (χ1v) is 12.1. The van der Waals surface area contributed by atoms with Crippen LogP contribution in [0, 0.1) is 0 Å².